The zero-order chi connectivity index (χ0) is 18.1. The predicted molar refractivity (Wildman–Crippen MR) is 111 cm³/mol. The molecule has 8 heteroatoms. The van der Waals surface area contributed by atoms with Crippen LogP contribution in [0.2, 0.25) is 0 Å². The number of nitrogen functional groups attached to an aromatic ring is 1. The Hall–Kier alpha value is -1.77. The first-order chi connectivity index (χ1) is 12.6. The quantitative estimate of drug-likeness (QED) is 0.521. The lowest BCUT2D eigenvalue weighted by Crippen LogP contribution is -2.33. The van der Waals surface area contributed by atoms with Crippen LogP contribution in [0.15, 0.2) is 45.8 Å². The molecule has 2 N–H and O–H groups in total. The number of nitrogens with zero attached hydrogens (tertiary/aromatic N) is 3. The molecule has 26 heavy (non-hydrogen) atoms. The summed E-state index contributed by atoms with van der Waals surface area (Å²) in [6.45, 7) is 2.94. The van der Waals surface area contributed by atoms with Gasteiger partial charge in [0.25, 0.3) is 0 Å². The van der Waals surface area contributed by atoms with Crippen LogP contribution >= 0.6 is 34.9 Å². The van der Waals surface area contributed by atoms with E-state index in [2.05, 4.69) is 23.0 Å². The van der Waals surface area contributed by atoms with Gasteiger partial charge in [-0.15, -0.1) is 23.1 Å². The molecule has 1 atom stereocenters. The van der Waals surface area contributed by atoms with E-state index >= 15 is 0 Å². The summed E-state index contributed by atoms with van der Waals surface area (Å²) in [5.74, 6) is 0.839. The summed E-state index contributed by atoms with van der Waals surface area (Å²) in [4.78, 5) is 25.7. The first kappa shape index (κ1) is 17.6. The second-order valence-corrected chi connectivity index (χ2v) is 9.37. The summed E-state index contributed by atoms with van der Waals surface area (Å²) < 4.78 is 0. The van der Waals surface area contributed by atoms with Gasteiger partial charge in [-0.1, -0.05) is 30.8 Å². The van der Waals surface area contributed by atoms with E-state index in [1.807, 2.05) is 46.3 Å². The molecule has 4 rings (SSSR count). The zero-order valence-corrected chi connectivity index (χ0v) is 16.7. The molecule has 0 spiro atoms. The van der Waals surface area contributed by atoms with Gasteiger partial charge in [0.1, 0.15) is 10.6 Å². The van der Waals surface area contributed by atoms with E-state index < -0.39 is 0 Å². The Kier molecular flexibility index (Phi) is 5.06. The largest absolute Gasteiger partial charge is 0.383 e. The second kappa shape index (κ2) is 7.46. The SMILES string of the molecule is C[C@@H]1CCN(C(=O)CSc2nc(N)c3ccsc3n2)c2ccccc2S1. The fourth-order valence-electron chi connectivity index (χ4n) is 2.87. The zero-order valence-electron chi connectivity index (χ0n) is 14.2. The third kappa shape index (κ3) is 3.54. The standard InChI is InChI=1S/C18H18N4OS3/c1-11-6-8-22(13-4-2-3-5-14(13)26-11)15(23)10-25-18-20-16(19)12-7-9-24-17(12)21-18/h2-5,7,9,11H,6,8,10H2,1H3,(H2,19,20,21)/t11-/m1/s1. The highest BCUT2D eigenvalue weighted by atomic mass is 32.2. The second-order valence-electron chi connectivity index (χ2n) is 6.05. The topological polar surface area (TPSA) is 72.1 Å². The number of thioether (sulfide) groups is 2. The van der Waals surface area contributed by atoms with Gasteiger partial charge in [0.2, 0.25) is 5.91 Å². The Balaban J connectivity index is 1.52. The van der Waals surface area contributed by atoms with Crippen molar-refractivity contribution in [2.45, 2.75) is 28.6 Å². The average molecular weight is 403 g/mol. The molecule has 3 heterocycles. The van der Waals surface area contributed by atoms with Gasteiger partial charge in [0.15, 0.2) is 5.16 Å². The number of benzene rings is 1. The Labute approximate surface area is 164 Å². The first-order valence-electron chi connectivity index (χ1n) is 8.31. The number of aromatic nitrogens is 2. The van der Waals surface area contributed by atoms with Crippen LogP contribution in [0, 0.1) is 0 Å². The van der Waals surface area contributed by atoms with Crippen LogP contribution in [0.3, 0.4) is 0 Å². The summed E-state index contributed by atoms with van der Waals surface area (Å²) in [6.07, 6.45) is 0.973. The number of anilines is 2. The van der Waals surface area contributed by atoms with E-state index in [9.17, 15) is 4.79 Å². The molecule has 2 aromatic heterocycles. The molecular formula is C18H18N4OS3. The molecule has 1 amide bonds. The third-order valence-electron chi connectivity index (χ3n) is 4.20. The maximum absolute atomic E-state index is 12.9. The minimum atomic E-state index is 0.0746. The molecule has 1 aliphatic heterocycles. The van der Waals surface area contributed by atoms with Crippen LogP contribution in [0.25, 0.3) is 10.2 Å². The molecular weight excluding hydrogens is 384 g/mol. The highest BCUT2D eigenvalue weighted by Gasteiger charge is 2.24. The Morgan fingerprint density at radius 1 is 1.35 bits per heavy atom. The summed E-state index contributed by atoms with van der Waals surface area (Å²) in [6, 6.07) is 10.0. The molecule has 0 fully saturated rings. The van der Waals surface area contributed by atoms with Crippen molar-refractivity contribution in [2.75, 3.05) is 22.9 Å². The van der Waals surface area contributed by atoms with Gasteiger partial charge in [0, 0.05) is 16.7 Å². The minimum absolute atomic E-state index is 0.0746. The number of carbonyl (C=O) groups excluding carboxylic acids is 1. The van der Waals surface area contributed by atoms with Gasteiger partial charge in [-0.2, -0.15) is 0 Å². The summed E-state index contributed by atoms with van der Waals surface area (Å²) in [5.41, 5.74) is 7.00. The van der Waals surface area contributed by atoms with Gasteiger partial charge < -0.3 is 10.6 Å². The number of hydrogen-bond acceptors (Lipinski definition) is 7. The van der Waals surface area contributed by atoms with Crippen LogP contribution in [0.5, 0.6) is 0 Å². The van der Waals surface area contributed by atoms with Crippen molar-refractivity contribution in [2.24, 2.45) is 0 Å². The van der Waals surface area contributed by atoms with Crippen LogP contribution in [-0.4, -0.2) is 33.4 Å². The van der Waals surface area contributed by atoms with Crippen LogP contribution < -0.4 is 10.6 Å². The van der Waals surface area contributed by atoms with E-state index in [0.717, 1.165) is 33.8 Å². The van der Waals surface area contributed by atoms with Gasteiger partial charge in [0.05, 0.1) is 16.8 Å². The van der Waals surface area contributed by atoms with Crippen molar-refractivity contribution < 1.29 is 4.79 Å². The van der Waals surface area contributed by atoms with Gasteiger partial charge in [-0.3, -0.25) is 4.79 Å². The van der Waals surface area contributed by atoms with Crippen molar-refractivity contribution >= 4 is 62.5 Å². The van der Waals surface area contributed by atoms with Crippen LogP contribution in [0.4, 0.5) is 11.5 Å². The summed E-state index contributed by atoms with van der Waals surface area (Å²) in [5, 5.41) is 3.86. The molecule has 1 aromatic carbocycles. The van der Waals surface area contributed by atoms with Crippen LogP contribution in [0.1, 0.15) is 13.3 Å². The van der Waals surface area contributed by atoms with Crippen molar-refractivity contribution in [3.05, 3.63) is 35.7 Å². The van der Waals surface area contributed by atoms with Crippen molar-refractivity contribution in [1.82, 2.24) is 9.97 Å². The third-order valence-corrected chi connectivity index (χ3v) is 7.08. The minimum Gasteiger partial charge on any atom is -0.383 e. The van der Waals surface area contributed by atoms with Crippen molar-refractivity contribution in [1.29, 1.82) is 0 Å². The maximum atomic E-state index is 12.9. The molecule has 3 aromatic rings. The number of carbonyl (C=O) groups is 1. The van der Waals surface area contributed by atoms with Gasteiger partial charge >= 0.3 is 0 Å². The Morgan fingerprint density at radius 3 is 3.08 bits per heavy atom. The van der Waals surface area contributed by atoms with Crippen molar-refractivity contribution in [3.63, 3.8) is 0 Å². The number of rotatable bonds is 3. The first-order valence-corrected chi connectivity index (χ1v) is 11.1. The van der Waals surface area contributed by atoms with E-state index in [4.69, 9.17) is 5.73 Å². The lowest BCUT2D eigenvalue weighted by Gasteiger charge is -2.22. The van der Waals surface area contributed by atoms with Gasteiger partial charge in [-0.25, -0.2) is 9.97 Å². The summed E-state index contributed by atoms with van der Waals surface area (Å²) in [7, 11) is 0. The fraction of sp³-hybridized carbons (Fsp3) is 0.278. The number of thiophene rings is 1. The van der Waals surface area contributed by atoms with E-state index in [-0.39, 0.29) is 5.91 Å². The van der Waals surface area contributed by atoms with E-state index in [0.29, 0.717) is 22.0 Å². The monoisotopic (exact) mass is 402 g/mol. The normalized spacial score (nSPS) is 17.1. The van der Waals surface area contributed by atoms with Crippen LogP contribution in [-0.2, 0) is 4.79 Å². The average Bonchev–Trinajstić information content (AvgIpc) is 3.03. The molecule has 5 nitrogen and oxygen atoms in total. The Bertz CT molecular complexity index is 959. The molecule has 0 bridgehead atoms. The van der Waals surface area contributed by atoms with E-state index in [1.165, 1.54) is 23.1 Å². The molecule has 134 valence electrons. The highest BCUT2D eigenvalue weighted by Crippen LogP contribution is 2.37. The summed E-state index contributed by atoms with van der Waals surface area (Å²) >= 11 is 4.70. The number of amides is 1. The number of nitrogens with two attached hydrogens (primary N) is 1. The lowest BCUT2D eigenvalue weighted by atomic mass is 10.2. The molecule has 0 radical (unpaired) electrons. The van der Waals surface area contributed by atoms with Gasteiger partial charge in [-0.05, 0) is 30.0 Å². The Morgan fingerprint density at radius 2 is 2.19 bits per heavy atom. The molecule has 0 saturated heterocycles. The number of para-hydroxylation sites is 1. The van der Waals surface area contributed by atoms with Crippen molar-refractivity contribution in [3.8, 4) is 0 Å². The molecule has 1 aliphatic rings. The number of hydrogen-bond donors (Lipinski definition) is 1. The highest BCUT2D eigenvalue weighted by molar-refractivity contribution is 8.00. The smallest absolute Gasteiger partial charge is 0.237 e. The fourth-order valence-corrected chi connectivity index (χ4v) is 5.54. The molecule has 0 unspecified atom stereocenters. The number of fused-ring (bicyclic) bond motifs is 2. The predicted octanol–water partition coefficient (Wildman–Crippen LogP) is 4.28. The maximum Gasteiger partial charge on any atom is 0.237 e. The molecule has 0 saturated carbocycles. The lowest BCUT2D eigenvalue weighted by molar-refractivity contribution is -0.116. The van der Waals surface area contributed by atoms with E-state index in [1.54, 1.807) is 0 Å². The molecule has 0 aliphatic carbocycles.